The first-order valence-corrected chi connectivity index (χ1v) is 7.38. The van der Waals surface area contributed by atoms with E-state index in [1.54, 1.807) is 0 Å². The molecule has 0 aromatic heterocycles. The predicted molar refractivity (Wildman–Crippen MR) is 72.7 cm³/mol. The van der Waals surface area contributed by atoms with Gasteiger partial charge in [-0.25, -0.2) is 4.39 Å². The van der Waals surface area contributed by atoms with Crippen molar-refractivity contribution in [3.05, 3.63) is 34.1 Å². The van der Waals surface area contributed by atoms with Gasteiger partial charge in [-0.15, -0.1) is 0 Å². The van der Waals surface area contributed by atoms with E-state index in [2.05, 4.69) is 6.92 Å². The number of hydrogen-bond donors (Lipinski definition) is 0. The molecule has 0 saturated carbocycles. The van der Waals surface area contributed by atoms with Crippen LogP contribution in [-0.2, 0) is 10.9 Å². The van der Waals surface area contributed by atoms with E-state index < -0.39 is 22.6 Å². The third-order valence-electron chi connectivity index (χ3n) is 3.79. The highest BCUT2D eigenvalue weighted by molar-refractivity contribution is 6.31. The summed E-state index contributed by atoms with van der Waals surface area (Å²) < 4.78 is 57.3. The SMILES string of the molecule is CCC[C@H]1CC[C@H](c2cc(F)c(C(F)(F)F)c(Cl)c2)OC1. The molecule has 1 aromatic rings. The third kappa shape index (κ3) is 3.89. The molecule has 2 rings (SSSR count). The quantitative estimate of drug-likeness (QED) is 0.642. The van der Waals surface area contributed by atoms with Gasteiger partial charge in [-0.1, -0.05) is 24.9 Å². The monoisotopic (exact) mass is 324 g/mol. The molecule has 1 saturated heterocycles. The van der Waals surface area contributed by atoms with E-state index in [9.17, 15) is 17.6 Å². The summed E-state index contributed by atoms with van der Waals surface area (Å²) in [7, 11) is 0. The zero-order valence-corrected chi connectivity index (χ0v) is 12.4. The highest BCUT2D eigenvalue weighted by Gasteiger charge is 2.37. The van der Waals surface area contributed by atoms with E-state index in [1.807, 2.05) is 0 Å². The summed E-state index contributed by atoms with van der Waals surface area (Å²) in [5.41, 5.74) is -1.03. The van der Waals surface area contributed by atoms with Crippen molar-refractivity contribution in [2.75, 3.05) is 6.61 Å². The number of benzene rings is 1. The van der Waals surface area contributed by atoms with Crippen LogP contribution in [0.4, 0.5) is 17.6 Å². The largest absolute Gasteiger partial charge is 0.420 e. The third-order valence-corrected chi connectivity index (χ3v) is 4.08. The van der Waals surface area contributed by atoms with Crippen molar-refractivity contribution in [3.63, 3.8) is 0 Å². The first kappa shape index (κ1) is 16.6. The standard InChI is InChI=1S/C15H17ClF4O/c1-2-3-9-4-5-13(21-8-9)10-6-11(16)14(12(17)7-10)15(18,19)20/h6-7,9,13H,2-5,8H2,1H3/t9-,13+/m0/s1. The number of ether oxygens (including phenoxy) is 1. The summed E-state index contributed by atoms with van der Waals surface area (Å²) in [5, 5.41) is -0.614. The lowest BCUT2D eigenvalue weighted by Crippen LogP contribution is -2.21. The smallest absolute Gasteiger partial charge is 0.373 e. The summed E-state index contributed by atoms with van der Waals surface area (Å²) >= 11 is 5.60. The maximum atomic E-state index is 13.7. The van der Waals surface area contributed by atoms with Crippen molar-refractivity contribution in [2.24, 2.45) is 5.92 Å². The Hall–Kier alpha value is -0.810. The summed E-state index contributed by atoms with van der Waals surface area (Å²) in [5.74, 6) is -0.870. The van der Waals surface area contributed by atoms with Gasteiger partial charge in [-0.2, -0.15) is 13.2 Å². The van der Waals surface area contributed by atoms with Crippen LogP contribution in [0.3, 0.4) is 0 Å². The van der Waals surface area contributed by atoms with Gasteiger partial charge in [-0.05, 0) is 42.9 Å². The minimum Gasteiger partial charge on any atom is -0.373 e. The van der Waals surface area contributed by atoms with E-state index >= 15 is 0 Å². The number of rotatable bonds is 3. The van der Waals surface area contributed by atoms with E-state index in [0.717, 1.165) is 31.4 Å². The molecule has 0 spiro atoms. The Balaban J connectivity index is 2.16. The summed E-state index contributed by atoms with van der Waals surface area (Å²) in [6, 6.07) is 2.05. The Bertz CT molecular complexity index is 470. The minimum atomic E-state index is -4.79. The van der Waals surface area contributed by atoms with E-state index in [-0.39, 0.29) is 6.10 Å². The lowest BCUT2D eigenvalue weighted by molar-refractivity contribution is -0.139. The van der Waals surface area contributed by atoms with Gasteiger partial charge >= 0.3 is 6.18 Å². The zero-order valence-electron chi connectivity index (χ0n) is 11.6. The van der Waals surface area contributed by atoms with Crippen LogP contribution < -0.4 is 0 Å². The van der Waals surface area contributed by atoms with E-state index in [1.165, 1.54) is 0 Å². The molecule has 1 aromatic carbocycles. The van der Waals surface area contributed by atoms with Gasteiger partial charge in [0.2, 0.25) is 0 Å². The second-order valence-electron chi connectivity index (χ2n) is 5.41. The molecule has 0 radical (unpaired) electrons. The van der Waals surface area contributed by atoms with Crippen LogP contribution in [-0.4, -0.2) is 6.61 Å². The molecule has 1 nitrogen and oxygen atoms in total. The highest BCUT2D eigenvalue weighted by Crippen LogP contribution is 2.40. The molecule has 6 heteroatoms. The molecule has 118 valence electrons. The lowest BCUT2D eigenvalue weighted by atomic mass is 9.91. The summed E-state index contributed by atoms with van der Waals surface area (Å²) in [4.78, 5) is 0. The molecule has 1 aliphatic rings. The molecule has 2 atom stereocenters. The Labute approximate surface area is 126 Å². The average molecular weight is 325 g/mol. The van der Waals surface area contributed by atoms with Crippen LogP contribution in [0.15, 0.2) is 12.1 Å². The molecule has 21 heavy (non-hydrogen) atoms. The molecule has 0 unspecified atom stereocenters. The van der Waals surface area contributed by atoms with Crippen LogP contribution in [0.1, 0.15) is 49.8 Å². The molecule has 0 aliphatic carbocycles. The van der Waals surface area contributed by atoms with Gasteiger partial charge in [-0.3, -0.25) is 0 Å². The number of alkyl halides is 3. The van der Waals surface area contributed by atoms with Crippen molar-refractivity contribution in [2.45, 2.75) is 44.9 Å². The van der Waals surface area contributed by atoms with Crippen molar-refractivity contribution in [1.29, 1.82) is 0 Å². The fraction of sp³-hybridized carbons (Fsp3) is 0.600. The topological polar surface area (TPSA) is 9.23 Å². The Morgan fingerprint density at radius 2 is 2.00 bits per heavy atom. The molecule has 1 fully saturated rings. The van der Waals surface area contributed by atoms with Gasteiger partial charge in [0.05, 0.1) is 17.7 Å². The van der Waals surface area contributed by atoms with Gasteiger partial charge in [0, 0.05) is 0 Å². The second-order valence-corrected chi connectivity index (χ2v) is 5.82. The van der Waals surface area contributed by atoms with Gasteiger partial charge in [0.15, 0.2) is 0 Å². The number of hydrogen-bond acceptors (Lipinski definition) is 1. The summed E-state index contributed by atoms with van der Waals surface area (Å²) in [6.45, 7) is 2.65. The van der Waals surface area contributed by atoms with Crippen LogP contribution >= 0.6 is 11.6 Å². The normalized spacial score (nSPS) is 23.3. The predicted octanol–water partition coefficient (Wildman–Crippen LogP) is 5.77. The average Bonchev–Trinajstić information content (AvgIpc) is 2.37. The second kappa shape index (κ2) is 6.53. The first-order chi connectivity index (χ1) is 9.82. The van der Waals surface area contributed by atoms with Gasteiger partial charge in [0.25, 0.3) is 0 Å². The summed E-state index contributed by atoms with van der Waals surface area (Å²) in [6.07, 6.45) is -1.44. The van der Waals surface area contributed by atoms with Gasteiger partial charge < -0.3 is 4.74 Å². The van der Waals surface area contributed by atoms with E-state index in [4.69, 9.17) is 16.3 Å². The molecule has 0 bridgehead atoms. The minimum absolute atomic E-state index is 0.375. The van der Waals surface area contributed by atoms with Crippen molar-refractivity contribution < 1.29 is 22.3 Å². The lowest BCUT2D eigenvalue weighted by Gasteiger charge is -2.29. The van der Waals surface area contributed by atoms with Crippen molar-refractivity contribution in [1.82, 2.24) is 0 Å². The van der Waals surface area contributed by atoms with Gasteiger partial charge in [0.1, 0.15) is 11.4 Å². The highest BCUT2D eigenvalue weighted by atomic mass is 35.5. The van der Waals surface area contributed by atoms with Crippen molar-refractivity contribution >= 4 is 11.6 Å². The number of halogens is 5. The fourth-order valence-corrected chi connectivity index (χ4v) is 3.08. The van der Waals surface area contributed by atoms with Crippen LogP contribution in [0.2, 0.25) is 5.02 Å². The Morgan fingerprint density at radius 1 is 1.29 bits per heavy atom. The van der Waals surface area contributed by atoms with E-state index in [0.29, 0.717) is 24.5 Å². The first-order valence-electron chi connectivity index (χ1n) is 7.00. The Kier molecular flexibility index (Phi) is 5.15. The molecular formula is C15H17ClF4O. The fourth-order valence-electron chi connectivity index (χ4n) is 2.75. The molecule has 1 heterocycles. The van der Waals surface area contributed by atoms with Crippen LogP contribution in [0.5, 0.6) is 0 Å². The zero-order chi connectivity index (χ0) is 15.6. The van der Waals surface area contributed by atoms with Crippen molar-refractivity contribution in [3.8, 4) is 0 Å². The molecule has 0 amide bonds. The maximum absolute atomic E-state index is 13.7. The maximum Gasteiger partial charge on any atom is 0.420 e. The Morgan fingerprint density at radius 3 is 2.48 bits per heavy atom. The van der Waals surface area contributed by atoms with Crippen LogP contribution in [0, 0.1) is 11.7 Å². The van der Waals surface area contributed by atoms with Crippen LogP contribution in [0.25, 0.3) is 0 Å². The molecule has 1 aliphatic heterocycles. The molecular weight excluding hydrogens is 308 g/mol. The molecule has 0 N–H and O–H groups in total.